The van der Waals surface area contributed by atoms with Crippen LogP contribution in [0.15, 0.2) is 66.1 Å². The predicted molar refractivity (Wildman–Crippen MR) is 139 cm³/mol. The van der Waals surface area contributed by atoms with Gasteiger partial charge in [-0.1, -0.05) is 18.7 Å². The number of esters is 1. The normalized spacial score (nSPS) is 14.2. The maximum atomic E-state index is 13.9. The van der Waals surface area contributed by atoms with Gasteiger partial charge in [-0.2, -0.15) is 0 Å². The summed E-state index contributed by atoms with van der Waals surface area (Å²) >= 11 is 4.77. The van der Waals surface area contributed by atoms with Gasteiger partial charge >= 0.3 is 5.97 Å². The molecule has 180 valence electrons. The summed E-state index contributed by atoms with van der Waals surface area (Å²) in [5.41, 5.74) is 2.20. The van der Waals surface area contributed by atoms with E-state index in [9.17, 15) is 9.18 Å². The van der Waals surface area contributed by atoms with Gasteiger partial charge in [-0.05, 0) is 79.7 Å². The summed E-state index contributed by atoms with van der Waals surface area (Å²) in [6.45, 7) is 6.02. The lowest BCUT2D eigenvalue weighted by atomic mass is 10.2. The van der Waals surface area contributed by atoms with Crippen molar-refractivity contribution in [3.8, 4) is 0 Å². The van der Waals surface area contributed by atoms with E-state index in [-0.39, 0.29) is 12.2 Å². The number of carbonyl (C=O) groups is 1. The van der Waals surface area contributed by atoms with Crippen molar-refractivity contribution in [1.82, 2.24) is 10.3 Å². The summed E-state index contributed by atoms with van der Waals surface area (Å²) in [5, 5.41) is 3.49. The SMILES string of the molecule is CCC/C(=N\c1ncc(Br)cc1Sc1ccc(F)cc1C(=O)OCC)NC1=C(C)N=CCCC1. The predicted octanol–water partition coefficient (Wildman–Crippen LogP) is 7.22. The van der Waals surface area contributed by atoms with Crippen molar-refractivity contribution in [3.05, 3.63) is 57.7 Å². The van der Waals surface area contributed by atoms with E-state index in [1.54, 1.807) is 19.2 Å². The van der Waals surface area contributed by atoms with Crippen LogP contribution in [0.2, 0.25) is 0 Å². The van der Waals surface area contributed by atoms with Crippen molar-refractivity contribution >= 4 is 51.5 Å². The topological polar surface area (TPSA) is 75.9 Å². The molecule has 34 heavy (non-hydrogen) atoms. The highest BCUT2D eigenvalue weighted by Gasteiger charge is 2.18. The van der Waals surface area contributed by atoms with E-state index in [1.807, 2.05) is 19.2 Å². The highest BCUT2D eigenvalue weighted by molar-refractivity contribution is 9.10. The largest absolute Gasteiger partial charge is 0.462 e. The second-order valence-corrected chi connectivity index (χ2v) is 9.64. The van der Waals surface area contributed by atoms with Crippen LogP contribution in [0.1, 0.15) is 63.2 Å². The van der Waals surface area contributed by atoms with Crippen LogP contribution in [0.5, 0.6) is 0 Å². The minimum absolute atomic E-state index is 0.172. The molecular formula is C25H28BrFN4O2S. The molecule has 9 heteroatoms. The number of benzene rings is 1. The zero-order valence-corrected chi connectivity index (χ0v) is 21.9. The molecule has 0 saturated carbocycles. The van der Waals surface area contributed by atoms with Gasteiger partial charge in [0.2, 0.25) is 0 Å². The molecule has 0 radical (unpaired) electrons. The zero-order chi connectivity index (χ0) is 24.5. The van der Waals surface area contributed by atoms with E-state index in [0.29, 0.717) is 10.7 Å². The Morgan fingerprint density at radius 2 is 2.12 bits per heavy atom. The van der Waals surface area contributed by atoms with Gasteiger partial charge in [0.25, 0.3) is 0 Å². The van der Waals surface area contributed by atoms with Crippen molar-refractivity contribution in [1.29, 1.82) is 0 Å². The molecule has 0 bridgehead atoms. The molecule has 3 rings (SSSR count). The van der Waals surface area contributed by atoms with Crippen LogP contribution >= 0.6 is 27.7 Å². The summed E-state index contributed by atoms with van der Waals surface area (Å²) in [4.78, 5) is 27.6. The van der Waals surface area contributed by atoms with Crippen LogP contribution in [0.4, 0.5) is 10.2 Å². The Balaban J connectivity index is 1.98. The molecule has 1 aliphatic rings. The van der Waals surface area contributed by atoms with Crippen LogP contribution in [-0.4, -0.2) is 29.6 Å². The minimum Gasteiger partial charge on any atom is -0.462 e. The molecule has 0 unspecified atom stereocenters. The maximum absolute atomic E-state index is 13.9. The molecular weight excluding hydrogens is 519 g/mol. The molecule has 1 aromatic heterocycles. The van der Waals surface area contributed by atoms with E-state index in [0.717, 1.165) is 58.7 Å². The van der Waals surface area contributed by atoms with Crippen LogP contribution in [0, 0.1) is 5.82 Å². The number of hydrogen-bond acceptors (Lipinski definition) is 6. The third kappa shape index (κ3) is 7.24. The molecule has 1 aromatic carbocycles. The smallest absolute Gasteiger partial charge is 0.339 e. The number of aliphatic imine (C=N–C) groups is 2. The highest BCUT2D eigenvalue weighted by Crippen LogP contribution is 2.38. The quantitative estimate of drug-likeness (QED) is 0.215. The molecule has 6 nitrogen and oxygen atoms in total. The molecule has 0 atom stereocenters. The third-order valence-corrected chi connectivity index (χ3v) is 6.49. The Morgan fingerprint density at radius 3 is 2.88 bits per heavy atom. The van der Waals surface area contributed by atoms with E-state index >= 15 is 0 Å². The van der Waals surface area contributed by atoms with Crippen molar-refractivity contribution in [2.45, 2.75) is 62.7 Å². The second-order valence-electron chi connectivity index (χ2n) is 7.64. The van der Waals surface area contributed by atoms with E-state index in [1.165, 1.54) is 23.9 Å². The maximum Gasteiger partial charge on any atom is 0.339 e. The van der Waals surface area contributed by atoms with Crippen LogP contribution in [0.3, 0.4) is 0 Å². The van der Waals surface area contributed by atoms with Crippen molar-refractivity contribution in [2.75, 3.05) is 6.61 Å². The summed E-state index contributed by atoms with van der Waals surface area (Å²) in [6.07, 6.45) is 8.18. The molecule has 0 aliphatic carbocycles. The fraction of sp³-hybridized carbons (Fsp3) is 0.360. The first-order valence-corrected chi connectivity index (χ1v) is 12.9. The standard InChI is InChI=1S/C25H28BrFN4O2S/c1-4-8-23(30-20-9-6-7-12-28-16(20)3)31-24-22(13-17(26)15-29-24)34-21-11-10-18(27)14-19(21)25(32)33-5-2/h10-15H,4-9H2,1-3H3,(H,29,30,31). The van der Waals surface area contributed by atoms with Crippen LogP contribution in [0.25, 0.3) is 0 Å². The van der Waals surface area contributed by atoms with E-state index in [2.05, 4.69) is 38.1 Å². The second kappa shape index (κ2) is 12.8. The van der Waals surface area contributed by atoms with Gasteiger partial charge in [0.1, 0.15) is 11.7 Å². The Morgan fingerprint density at radius 1 is 1.29 bits per heavy atom. The Bertz CT molecular complexity index is 1130. The first-order valence-electron chi connectivity index (χ1n) is 11.3. The Kier molecular flexibility index (Phi) is 9.83. The van der Waals surface area contributed by atoms with Gasteiger partial charge in [0.05, 0.1) is 22.8 Å². The lowest BCUT2D eigenvalue weighted by molar-refractivity contribution is 0.0521. The molecule has 2 aromatic rings. The number of aromatic nitrogens is 1. The summed E-state index contributed by atoms with van der Waals surface area (Å²) in [6, 6.07) is 5.98. The Labute approximate surface area is 212 Å². The first-order chi connectivity index (χ1) is 16.4. The fourth-order valence-corrected chi connectivity index (χ4v) is 4.80. The molecule has 0 fully saturated rings. The van der Waals surface area contributed by atoms with E-state index in [4.69, 9.17) is 9.73 Å². The fourth-order valence-electron chi connectivity index (χ4n) is 3.32. The lowest BCUT2D eigenvalue weighted by Gasteiger charge is -2.15. The average molecular weight is 547 g/mol. The number of allylic oxidation sites excluding steroid dienone is 2. The molecule has 2 heterocycles. The zero-order valence-electron chi connectivity index (χ0n) is 19.5. The van der Waals surface area contributed by atoms with Crippen molar-refractivity contribution in [2.24, 2.45) is 9.98 Å². The van der Waals surface area contributed by atoms with Gasteiger partial charge in [-0.3, -0.25) is 4.99 Å². The van der Waals surface area contributed by atoms with Gasteiger partial charge in [-0.15, -0.1) is 0 Å². The minimum atomic E-state index is -0.567. The number of nitrogens with zero attached hydrogens (tertiary/aromatic N) is 3. The molecule has 1 aliphatic heterocycles. The third-order valence-electron chi connectivity index (χ3n) is 4.96. The first kappa shape index (κ1) is 26.1. The average Bonchev–Trinajstić information content (AvgIpc) is 3.01. The number of rotatable bonds is 8. The number of ether oxygens (including phenoxy) is 1. The number of carbonyl (C=O) groups excluding carboxylic acids is 1. The molecule has 0 spiro atoms. The number of amidine groups is 1. The summed E-state index contributed by atoms with van der Waals surface area (Å²) < 4.78 is 19.8. The number of nitrogens with one attached hydrogen (secondary N) is 1. The molecule has 0 amide bonds. The number of hydrogen-bond donors (Lipinski definition) is 1. The van der Waals surface area contributed by atoms with Crippen molar-refractivity contribution < 1.29 is 13.9 Å². The van der Waals surface area contributed by atoms with Gasteiger partial charge in [0.15, 0.2) is 5.82 Å². The number of halogens is 2. The molecule has 0 saturated heterocycles. The summed E-state index contributed by atoms with van der Waals surface area (Å²) in [7, 11) is 0. The summed E-state index contributed by atoms with van der Waals surface area (Å²) in [5.74, 6) is 0.248. The van der Waals surface area contributed by atoms with Crippen molar-refractivity contribution in [3.63, 3.8) is 0 Å². The lowest BCUT2D eigenvalue weighted by Crippen LogP contribution is -2.23. The van der Waals surface area contributed by atoms with Crippen LogP contribution in [-0.2, 0) is 4.74 Å². The van der Waals surface area contributed by atoms with E-state index < -0.39 is 11.8 Å². The van der Waals surface area contributed by atoms with Gasteiger partial charge in [-0.25, -0.2) is 19.2 Å². The Hall–Kier alpha value is -2.52. The van der Waals surface area contributed by atoms with Gasteiger partial charge < -0.3 is 10.1 Å². The highest BCUT2D eigenvalue weighted by atomic mass is 79.9. The monoisotopic (exact) mass is 546 g/mol. The molecule has 1 N–H and O–H groups in total. The number of pyridine rings is 1. The van der Waals surface area contributed by atoms with Crippen LogP contribution < -0.4 is 5.32 Å². The van der Waals surface area contributed by atoms with Gasteiger partial charge in [0, 0.05) is 33.9 Å².